The van der Waals surface area contributed by atoms with E-state index in [9.17, 15) is 9.59 Å². The lowest BCUT2D eigenvalue weighted by Crippen LogP contribution is -2.27. The summed E-state index contributed by atoms with van der Waals surface area (Å²) in [5.41, 5.74) is 0.961. The van der Waals surface area contributed by atoms with Crippen molar-refractivity contribution in [3.63, 3.8) is 0 Å². The van der Waals surface area contributed by atoms with Gasteiger partial charge in [-0.1, -0.05) is 6.07 Å². The Kier molecular flexibility index (Phi) is 7.52. The maximum absolute atomic E-state index is 12.5. The Morgan fingerprint density at radius 2 is 1.57 bits per heavy atom. The summed E-state index contributed by atoms with van der Waals surface area (Å²) < 4.78 is 21.0. The van der Waals surface area contributed by atoms with Crippen LogP contribution in [0.15, 0.2) is 36.4 Å². The highest BCUT2D eigenvalue weighted by Crippen LogP contribution is 2.29. The van der Waals surface area contributed by atoms with E-state index in [1.165, 1.54) is 14.2 Å². The second-order valence-corrected chi connectivity index (χ2v) is 7.44. The van der Waals surface area contributed by atoms with Crippen molar-refractivity contribution >= 4 is 23.4 Å². The highest BCUT2D eigenvalue weighted by molar-refractivity contribution is 5.94. The van der Waals surface area contributed by atoms with Crippen LogP contribution in [0.5, 0.6) is 17.2 Å². The van der Waals surface area contributed by atoms with Crippen molar-refractivity contribution in [2.24, 2.45) is 0 Å². The van der Waals surface area contributed by atoms with Gasteiger partial charge in [-0.25, -0.2) is 4.79 Å². The zero-order valence-electron chi connectivity index (χ0n) is 18.1. The summed E-state index contributed by atoms with van der Waals surface area (Å²) in [7, 11) is 4.59. The molecule has 8 nitrogen and oxygen atoms in total. The smallest absolute Gasteiger partial charge is 0.412 e. The number of nitrogens with one attached hydrogen (secondary N) is 2. The van der Waals surface area contributed by atoms with Crippen molar-refractivity contribution in [1.82, 2.24) is 0 Å². The molecule has 0 aliphatic heterocycles. The summed E-state index contributed by atoms with van der Waals surface area (Å²) in [6.45, 7) is 5.32. The van der Waals surface area contributed by atoms with Gasteiger partial charge in [0.05, 0.1) is 33.4 Å². The van der Waals surface area contributed by atoms with Crippen LogP contribution >= 0.6 is 0 Å². The number of methoxy groups -OCH3 is 3. The maximum atomic E-state index is 12.5. The average molecular weight is 416 g/mol. The van der Waals surface area contributed by atoms with Crippen molar-refractivity contribution in [2.75, 3.05) is 32.0 Å². The summed E-state index contributed by atoms with van der Waals surface area (Å²) in [5, 5.41) is 5.45. The lowest BCUT2D eigenvalue weighted by atomic mass is 10.1. The molecule has 0 bridgehead atoms. The highest BCUT2D eigenvalue weighted by atomic mass is 16.6. The lowest BCUT2D eigenvalue weighted by Gasteiger charge is -2.20. The molecule has 2 N–H and O–H groups in total. The van der Waals surface area contributed by atoms with Gasteiger partial charge in [0.25, 0.3) is 0 Å². The molecule has 0 atom stereocenters. The van der Waals surface area contributed by atoms with E-state index in [0.717, 1.165) is 5.56 Å². The molecule has 0 unspecified atom stereocenters. The molecule has 0 fully saturated rings. The number of amides is 2. The standard InChI is InChI=1S/C22H28N2O6/c1-22(2,3)30-21(26)24-17-12-15(8-10-18(17)28-5)23-20(25)11-14-7-9-16(27-4)13-19(14)29-6/h7-10,12-13H,11H2,1-6H3,(H,23,25)(H,24,26). The number of carbonyl (C=O) groups is 2. The summed E-state index contributed by atoms with van der Waals surface area (Å²) in [4.78, 5) is 24.6. The van der Waals surface area contributed by atoms with Gasteiger partial charge in [-0.3, -0.25) is 10.1 Å². The first-order valence-electron chi connectivity index (χ1n) is 9.34. The Labute approximate surface area is 176 Å². The normalized spacial score (nSPS) is 10.7. The monoisotopic (exact) mass is 416 g/mol. The van der Waals surface area contributed by atoms with Crippen molar-refractivity contribution in [1.29, 1.82) is 0 Å². The van der Waals surface area contributed by atoms with E-state index in [1.54, 1.807) is 64.3 Å². The number of hydrogen-bond donors (Lipinski definition) is 2. The Morgan fingerprint density at radius 1 is 0.867 bits per heavy atom. The third kappa shape index (κ3) is 6.58. The van der Waals surface area contributed by atoms with Gasteiger partial charge in [-0.05, 0) is 45.0 Å². The minimum absolute atomic E-state index is 0.105. The minimum atomic E-state index is -0.638. The van der Waals surface area contributed by atoms with Crippen molar-refractivity contribution in [3.8, 4) is 17.2 Å². The van der Waals surface area contributed by atoms with Crippen LogP contribution in [0, 0.1) is 0 Å². The van der Waals surface area contributed by atoms with Crippen molar-refractivity contribution in [2.45, 2.75) is 32.8 Å². The molecule has 0 aromatic heterocycles. The predicted molar refractivity (Wildman–Crippen MR) is 115 cm³/mol. The first-order chi connectivity index (χ1) is 14.1. The number of rotatable bonds is 7. The van der Waals surface area contributed by atoms with Crippen molar-refractivity contribution in [3.05, 3.63) is 42.0 Å². The molecular weight excluding hydrogens is 388 g/mol. The molecule has 0 heterocycles. The van der Waals surface area contributed by atoms with Crippen LogP contribution in [-0.2, 0) is 16.0 Å². The molecule has 8 heteroatoms. The number of anilines is 2. The van der Waals surface area contributed by atoms with Crippen LogP contribution in [0.2, 0.25) is 0 Å². The maximum Gasteiger partial charge on any atom is 0.412 e. The van der Waals surface area contributed by atoms with E-state index in [1.807, 2.05) is 0 Å². The Morgan fingerprint density at radius 3 is 2.17 bits per heavy atom. The SMILES string of the molecule is COc1ccc(CC(=O)Nc2ccc(OC)c(NC(=O)OC(C)(C)C)c2)c(OC)c1. The summed E-state index contributed by atoms with van der Waals surface area (Å²) >= 11 is 0. The summed E-state index contributed by atoms with van der Waals surface area (Å²) in [5.74, 6) is 1.40. The van der Waals surface area contributed by atoms with Gasteiger partial charge in [0.15, 0.2) is 0 Å². The second kappa shape index (κ2) is 9.87. The van der Waals surface area contributed by atoms with E-state index in [0.29, 0.717) is 28.6 Å². The zero-order chi connectivity index (χ0) is 22.3. The van der Waals surface area contributed by atoms with E-state index in [2.05, 4.69) is 10.6 Å². The van der Waals surface area contributed by atoms with Gasteiger partial charge in [-0.2, -0.15) is 0 Å². The number of carbonyl (C=O) groups excluding carboxylic acids is 2. The van der Waals surface area contributed by atoms with Gasteiger partial charge in [0, 0.05) is 17.3 Å². The topological polar surface area (TPSA) is 95.1 Å². The fraction of sp³-hybridized carbons (Fsp3) is 0.364. The van der Waals surface area contributed by atoms with Gasteiger partial charge >= 0.3 is 6.09 Å². The number of hydrogen-bond acceptors (Lipinski definition) is 6. The molecule has 0 radical (unpaired) electrons. The third-order valence-electron chi connectivity index (χ3n) is 3.96. The zero-order valence-corrected chi connectivity index (χ0v) is 18.1. The summed E-state index contributed by atoms with van der Waals surface area (Å²) in [6, 6.07) is 10.2. The molecule has 30 heavy (non-hydrogen) atoms. The van der Waals surface area contributed by atoms with Gasteiger partial charge in [0.2, 0.25) is 5.91 Å². The van der Waals surface area contributed by atoms with Crippen LogP contribution in [0.4, 0.5) is 16.2 Å². The van der Waals surface area contributed by atoms with Crippen LogP contribution in [0.3, 0.4) is 0 Å². The Bertz CT molecular complexity index is 905. The fourth-order valence-corrected chi connectivity index (χ4v) is 2.67. The van der Waals surface area contributed by atoms with Crippen molar-refractivity contribution < 1.29 is 28.5 Å². The molecule has 0 spiro atoms. The number of ether oxygens (including phenoxy) is 4. The van der Waals surface area contributed by atoms with Crippen LogP contribution < -0.4 is 24.8 Å². The quantitative estimate of drug-likeness (QED) is 0.701. The third-order valence-corrected chi connectivity index (χ3v) is 3.96. The van der Waals surface area contributed by atoms with Gasteiger partial charge in [-0.15, -0.1) is 0 Å². The van der Waals surface area contributed by atoms with Gasteiger partial charge in [0.1, 0.15) is 22.8 Å². The molecule has 162 valence electrons. The largest absolute Gasteiger partial charge is 0.497 e. The molecule has 0 saturated heterocycles. The van der Waals surface area contributed by atoms with Crippen LogP contribution in [0.1, 0.15) is 26.3 Å². The van der Waals surface area contributed by atoms with E-state index in [4.69, 9.17) is 18.9 Å². The molecule has 0 aliphatic rings. The van der Waals surface area contributed by atoms with E-state index < -0.39 is 11.7 Å². The van der Waals surface area contributed by atoms with Crippen LogP contribution in [0.25, 0.3) is 0 Å². The molecule has 0 saturated carbocycles. The Balaban J connectivity index is 2.13. The fourth-order valence-electron chi connectivity index (χ4n) is 2.67. The highest BCUT2D eigenvalue weighted by Gasteiger charge is 2.18. The molecular formula is C22H28N2O6. The second-order valence-electron chi connectivity index (χ2n) is 7.44. The molecule has 2 aromatic rings. The average Bonchev–Trinajstić information content (AvgIpc) is 2.67. The first kappa shape index (κ1) is 22.9. The Hall–Kier alpha value is -3.42. The van der Waals surface area contributed by atoms with E-state index >= 15 is 0 Å². The predicted octanol–water partition coefficient (Wildman–Crippen LogP) is 4.24. The van der Waals surface area contributed by atoms with Gasteiger partial charge < -0.3 is 24.3 Å². The lowest BCUT2D eigenvalue weighted by molar-refractivity contribution is -0.115. The van der Waals surface area contributed by atoms with E-state index in [-0.39, 0.29) is 12.3 Å². The van der Waals surface area contributed by atoms with Crippen LogP contribution in [-0.4, -0.2) is 38.9 Å². The molecule has 2 aromatic carbocycles. The molecule has 2 rings (SSSR count). The number of benzene rings is 2. The molecule has 0 aliphatic carbocycles. The minimum Gasteiger partial charge on any atom is -0.497 e. The molecule has 2 amide bonds. The first-order valence-corrected chi connectivity index (χ1v) is 9.34. The summed E-state index contributed by atoms with van der Waals surface area (Å²) in [6.07, 6.45) is -0.513.